The summed E-state index contributed by atoms with van der Waals surface area (Å²) in [5, 5.41) is 13.2. The molecule has 3 aliphatic rings. The van der Waals surface area contributed by atoms with Crippen LogP contribution >= 0.6 is 0 Å². The van der Waals surface area contributed by atoms with Gasteiger partial charge < -0.3 is 0 Å². The van der Waals surface area contributed by atoms with Crippen molar-refractivity contribution in [1.29, 1.82) is 0 Å². The van der Waals surface area contributed by atoms with Crippen LogP contribution in [0.4, 0.5) is 0 Å². The van der Waals surface area contributed by atoms with Gasteiger partial charge in [-0.2, -0.15) is 4.31 Å². The predicted octanol–water partition coefficient (Wildman–Crippen LogP) is 2.96. The molecule has 0 unspecified atom stereocenters. The van der Waals surface area contributed by atoms with Crippen LogP contribution < -0.4 is 0 Å². The zero-order chi connectivity index (χ0) is 26.0. The maximum Gasteiger partial charge on any atom is 0.243 e. The van der Waals surface area contributed by atoms with Gasteiger partial charge in [-0.05, 0) is 66.8 Å². The van der Waals surface area contributed by atoms with Gasteiger partial charge in [0, 0.05) is 38.8 Å². The Hall–Kier alpha value is -2.66. The maximum absolute atomic E-state index is 13.4. The Morgan fingerprint density at radius 1 is 0.816 bits per heavy atom. The Bertz CT molecular complexity index is 1300. The van der Waals surface area contributed by atoms with E-state index in [-0.39, 0.29) is 0 Å². The summed E-state index contributed by atoms with van der Waals surface area (Å²) in [5.74, 6) is 0.857. The van der Waals surface area contributed by atoms with Gasteiger partial charge in [-0.1, -0.05) is 55.0 Å². The van der Waals surface area contributed by atoms with Crippen molar-refractivity contribution in [3.8, 4) is 0 Å². The van der Waals surface area contributed by atoms with E-state index in [0.717, 1.165) is 50.0 Å². The quantitative estimate of drug-likeness (QED) is 0.460. The van der Waals surface area contributed by atoms with Crippen LogP contribution in [0.3, 0.4) is 0 Å². The van der Waals surface area contributed by atoms with Crippen LogP contribution in [0.15, 0.2) is 65.6 Å². The lowest BCUT2D eigenvalue weighted by molar-refractivity contribution is 0.0254. The molecule has 9 nitrogen and oxygen atoms in total. The van der Waals surface area contributed by atoms with Crippen molar-refractivity contribution >= 4 is 10.0 Å². The number of piperidine rings is 1. The molecular formula is C28H37N7O2S. The summed E-state index contributed by atoms with van der Waals surface area (Å²) >= 11 is 0. The second kappa shape index (κ2) is 10.8. The summed E-state index contributed by atoms with van der Waals surface area (Å²) in [6.07, 6.45) is 6.40. The van der Waals surface area contributed by atoms with E-state index in [0.29, 0.717) is 37.4 Å². The zero-order valence-corrected chi connectivity index (χ0v) is 22.7. The molecule has 1 aromatic heterocycles. The van der Waals surface area contributed by atoms with Crippen molar-refractivity contribution in [2.45, 2.75) is 61.5 Å². The molecule has 0 atom stereocenters. The van der Waals surface area contributed by atoms with E-state index in [4.69, 9.17) is 0 Å². The standard InChI is InChI=1S/C28H37N7O2S/c36-38(37,26-13-5-2-6-14-26)34-19-15-28(16-20-34,33-18-8-17-32(21-22-33)25-11-7-12-25)27-29-30-31-35(27)23-24-9-3-1-4-10-24/h1-6,9-10,13-14,25H,7-8,11-12,15-23H2. The van der Waals surface area contributed by atoms with Crippen molar-refractivity contribution in [2.75, 3.05) is 39.3 Å². The highest BCUT2D eigenvalue weighted by atomic mass is 32.2. The summed E-state index contributed by atoms with van der Waals surface area (Å²) in [6, 6.07) is 19.8. The molecule has 2 saturated heterocycles. The molecule has 0 spiro atoms. The molecule has 1 saturated carbocycles. The largest absolute Gasteiger partial charge is 0.299 e. The van der Waals surface area contributed by atoms with Crippen molar-refractivity contribution in [1.82, 2.24) is 34.3 Å². The van der Waals surface area contributed by atoms with Crippen molar-refractivity contribution in [2.24, 2.45) is 0 Å². The molecular weight excluding hydrogens is 498 g/mol. The number of aromatic nitrogens is 4. The molecule has 0 radical (unpaired) electrons. The van der Waals surface area contributed by atoms with E-state index < -0.39 is 15.6 Å². The highest BCUT2D eigenvalue weighted by molar-refractivity contribution is 7.89. The van der Waals surface area contributed by atoms with Crippen molar-refractivity contribution in [3.63, 3.8) is 0 Å². The van der Waals surface area contributed by atoms with E-state index >= 15 is 0 Å². The van der Waals surface area contributed by atoms with Crippen LogP contribution in [0.5, 0.6) is 0 Å². The Morgan fingerprint density at radius 2 is 1.53 bits per heavy atom. The molecule has 2 aliphatic heterocycles. The monoisotopic (exact) mass is 535 g/mol. The summed E-state index contributed by atoms with van der Waals surface area (Å²) in [6.45, 7) is 5.56. The van der Waals surface area contributed by atoms with Gasteiger partial charge in [-0.15, -0.1) is 5.10 Å². The molecule has 10 heteroatoms. The van der Waals surface area contributed by atoms with Crippen LogP contribution in [-0.4, -0.2) is 88.0 Å². The van der Waals surface area contributed by atoms with Crippen LogP contribution in [0.1, 0.15) is 49.9 Å². The van der Waals surface area contributed by atoms with Crippen LogP contribution in [-0.2, 0) is 22.1 Å². The SMILES string of the molecule is O=S(=O)(c1ccccc1)N1CCC(c2nnnn2Cc2ccccc2)(N2CCCN(C3CCC3)CC2)CC1. The van der Waals surface area contributed by atoms with Crippen LogP contribution in [0, 0.1) is 0 Å². The van der Waals surface area contributed by atoms with Gasteiger partial charge in [0.1, 0.15) is 0 Å². The van der Waals surface area contributed by atoms with Crippen molar-refractivity contribution < 1.29 is 8.42 Å². The summed E-state index contributed by atoms with van der Waals surface area (Å²) in [5.41, 5.74) is 0.740. The number of sulfonamides is 1. The molecule has 3 aromatic rings. The third-order valence-electron chi connectivity index (χ3n) is 8.78. The van der Waals surface area contributed by atoms with Crippen LogP contribution in [0.2, 0.25) is 0 Å². The third-order valence-corrected chi connectivity index (χ3v) is 10.7. The number of hydrogen-bond donors (Lipinski definition) is 0. The molecule has 3 fully saturated rings. The average Bonchev–Trinajstić information content (AvgIpc) is 3.25. The second-order valence-corrected chi connectivity index (χ2v) is 12.8. The van der Waals surface area contributed by atoms with Gasteiger partial charge in [0.15, 0.2) is 5.82 Å². The first-order valence-electron chi connectivity index (χ1n) is 13.9. The summed E-state index contributed by atoms with van der Waals surface area (Å²) in [7, 11) is -3.55. The summed E-state index contributed by atoms with van der Waals surface area (Å²) < 4.78 is 30.5. The molecule has 0 N–H and O–H groups in total. The zero-order valence-electron chi connectivity index (χ0n) is 21.9. The number of hydrogen-bond acceptors (Lipinski definition) is 7. The number of rotatable bonds is 7. The van der Waals surface area contributed by atoms with Gasteiger partial charge in [-0.25, -0.2) is 13.1 Å². The van der Waals surface area contributed by atoms with Gasteiger partial charge >= 0.3 is 0 Å². The Labute approximate surface area is 225 Å². The Kier molecular flexibility index (Phi) is 7.31. The van der Waals surface area contributed by atoms with Gasteiger partial charge in [-0.3, -0.25) is 9.80 Å². The molecule has 0 amide bonds. The first kappa shape index (κ1) is 25.6. The van der Waals surface area contributed by atoms with Gasteiger partial charge in [0.05, 0.1) is 17.0 Å². The first-order chi connectivity index (χ1) is 18.6. The minimum Gasteiger partial charge on any atom is -0.299 e. The fourth-order valence-electron chi connectivity index (χ4n) is 6.40. The number of tetrazole rings is 1. The molecule has 202 valence electrons. The van der Waals surface area contributed by atoms with Gasteiger partial charge in [0.2, 0.25) is 10.0 Å². The second-order valence-electron chi connectivity index (χ2n) is 10.9. The Morgan fingerprint density at radius 3 is 2.21 bits per heavy atom. The lowest BCUT2D eigenvalue weighted by atomic mass is 9.85. The lowest BCUT2D eigenvalue weighted by Gasteiger charge is -2.47. The lowest BCUT2D eigenvalue weighted by Crippen LogP contribution is -2.56. The molecule has 0 bridgehead atoms. The fourth-order valence-corrected chi connectivity index (χ4v) is 7.87. The van der Waals surface area contributed by atoms with E-state index in [1.54, 1.807) is 28.6 Å². The van der Waals surface area contributed by atoms with Crippen LogP contribution in [0.25, 0.3) is 0 Å². The van der Waals surface area contributed by atoms with Crippen molar-refractivity contribution in [3.05, 3.63) is 72.1 Å². The normalized spacial score (nSPS) is 22.1. The van der Waals surface area contributed by atoms with E-state index in [1.165, 1.54) is 19.3 Å². The highest BCUT2D eigenvalue weighted by Gasteiger charge is 2.48. The van der Waals surface area contributed by atoms with E-state index in [1.807, 2.05) is 28.9 Å². The van der Waals surface area contributed by atoms with E-state index in [2.05, 4.69) is 37.5 Å². The highest BCUT2D eigenvalue weighted by Crippen LogP contribution is 2.40. The molecule has 38 heavy (non-hydrogen) atoms. The summed E-state index contributed by atoms with van der Waals surface area (Å²) in [4.78, 5) is 5.59. The Balaban J connectivity index is 1.29. The topological polar surface area (TPSA) is 87.5 Å². The number of nitrogens with zero attached hydrogens (tertiary/aromatic N) is 7. The van der Waals surface area contributed by atoms with E-state index in [9.17, 15) is 8.42 Å². The number of benzene rings is 2. The minimum absolute atomic E-state index is 0.354. The first-order valence-corrected chi connectivity index (χ1v) is 15.4. The molecule has 3 heterocycles. The smallest absolute Gasteiger partial charge is 0.243 e. The third kappa shape index (κ3) is 4.90. The molecule has 2 aromatic carbocycles. The predicted molar refractivity (Wildman–Crippen MR) is 145 cm³/mol. The molecule has 1 aliphatic carbocycles. The average molecular weight is 536 g/mol. The molecule has 6 rings (SSSR count). The maximum atomic E-state index is 13.4. The minimum atomic E-state index is -3.55. The van der Waals surface area contributed by atoms with Gasteiger partial charge in [0.25, 0.3) is 0 Å². The fraction of sp³-hybridized carbons (Fsp3) is 0.536.